The molecule has 1 aliphatic rings. The van der Waals surface area contributed by atoms with Crippen molar-refractivity contribution in [1.29, 1.82) is 0 Å². The van der Waals surface area contributed by atoms with Crippen LogP contribution in [-0.4, -0.2) is 37.5 Å². The molecule has 1 N–H and O–H groups in total. The van der Waals surface area contributed by atoms with E-state index in [0.717, 1.165) is 18.4 Å². The van der Waals surface area contributed by atoms with E-state index in [1.807, 2.05) is 13.0 Å². The molecule has 138 valence electrons. The molecular weight excluding hydrogens is 346 g/mol. The maximum absolute atomic E-state index is 12.7. The van der Waals surface area contributed by atoms with Gasteiger partial charge in [-0.2, -0.15) is 0 Å². The molecule has 1 aliphatic heterocycles. The zero-order valence-electron chi connectivity index (χ0n) is 14.9. The highest BCUT2D eigenvalue weighted by Gasteiger charge is 2.27. The van der Waals surface area contributed by atoms with Crippen molar-refractivity contribution in [3.63, 3.8) is 0 Å². The fourth-order valence-electron chi connectivity index (χ4n) is 3.19. The summed E-state index contributed by atoms with van der Waals surface area (Å²) in [5.74, 6) is 0.941. The van der Waals surface area contributed by atoms with Gasteiger partial charge in [0.05, 0.1) is 12.2 Å². The van der Waals surface area contributed by atoms with E-state index in [4.69, 9.17) is 4.52 Å². The summed E-state index contributed by atoms with van der Waals surface area (Å²) in [6.45, 7) is 2.74. The summed E-state index contributed by atoms with van der Waals surface area (Å²) in [6, 6.07) is 5.30. The molecule has 4 heterocycles. The zero-order chi connectivity index (χ0) is 18.8. The molecule has 3 aromatic heterocycles. The predicted octanol–water partition coefficient (Wildman–Crippen LogP) is 1.97. The van der Waals surface area contributed by atoms with E-state index in [-0.39, 0.29) is 18.0 Å². The molecule has 0 atom stereocenters. The molecule has 0 saturated heterocycles. The van der Waals surface area contributed by atoms with Gasteiger partial charge in [0.15, 0.2) is 5.69 Å². The topological polar surface area (TPSA) is 105 Å². The van der Waals surface area contributed by atoms with Crippen LogP contribution >= 0.6 is 0 Å². The van der Waals surface area contributed by atoms with Crippen LogP contribution < -0.4 is 5.56 Å². The van der Waals surface area contributed by atoms with E-state index in [1.54, 1.807) is 29.4 Å². The van der Waals surface area contributed by atoms with Crippen molar-refractivity contribution in [1.82, 2.24) is 25.0 Å². The monoisotopic (exact) mass is 365 g/mol. The Morgan fingerprint density at radius 1 is 1.41 bits per heavy atom. The number of aryl methyl sites for hydroxylation is 1. The maximum atomic E-state index is 12.7. The average molecular weight is 365 g/mol. The first-order valence-electron chi connectivity index (χ1n) is 8.93. The van der Waals surface area contributed by atoms with Crippen LogP contribution in [0.25, 0.3) is 11.4 Å². The van der Waals surface area contributed by atoms with Crippen LogP contribution in [0.5, 0.6) is 0 Å². The van der Waals surface area contributed by atoms with E-state index in [0.29, 0.717) is 41.5 Å². The van der Waals surface area contributed by atoms with Crippen LogP contribution in [-0.2, 0) is 19.4 Å². The third-order valence-corrected chi connectivity index (χ3v) is 4.57. The smallest absolute Gasteiger partial charge is 0.276 e. The zero-order valence-corrected chi connectivity index (χ0v) is 14.9. The average Bonchev–Trinajstić information content (AvgIpc) is 3.16. The van der Waals surface area contributed by atoms with E-state index in [9.17, 15) is 9.59 Å². The molecule has 8 nitrogen and oxygen atoms in total. The predicted molar refractivity (Wildman–Crippen MR) is 97.0 cm³/mol. The highest BCUT2D eigenvalue weighted by Crippen LogP contribution is 2.20. The molecule has 0 spiro atoms. The molecule has 0 unspecified atom stereocenters. The van der Waals surface area contributed by atoms with Crippen LogP contribution in [0.1, 0.15) is 40.9 Å². The van der Waals surface area contributed by atoms with E-state index >= 15 is 0 Å². The Bertz CT molecular complexity index is 1030. The normalized spacial score (nSPS) is 13.4. The summed E-state index contributed by atoms with van der Waals surface area (Å²) in [5.41, 5.74) is 2.08. The van der Waals surface area contributed by atoms with E-state index in [1.165, 1.54) is 0 Å². The van der Waals surface area contributed by atoms with Crippen LogP contribution in [0.15, 0.2) is 39.9 Å². The number of nitrogens with one attached hydrogen (secondary N) is 1. The minimum Gasteiger partial charge on any atom is -0.361 e. The molecule has 0 aliphatic carbocycles. The number of carbonyl (C=O) groups excluding carboxylic acids is 1. The lowest BCUT2D eigenvalue weighted by Crippen LogP contribution is -2.39. The second kappa shape index (κ2) is 7.14. The number of H-pyrrole nitrogens is 1. The first-order chi connectivity index (χ1) is 13.2. The van der Waals surface area contributed by atoms with Gasteiger partial charge in [-0.3, -0.25) is 14.6 Å². The Morgan fingerprint density at radius 2 is 2.30 bits per heavy atom. The van der Waals surface area contributed by atoms with Crippen LogP contribution in [0.3, 0.4) is 0 Å². The van der Waals surface area contributed by atoms with Crippen LogP contribution in [0.2, 0.25) is 0 Å². The fourth-order valence-corrected chi connectivity index (χ4v) is 3.19. The van der Waals surface area contributed by atoms with Gasteiger partial charge in [-0.15, -0.1) is 0 Å². The van der Waals surface area contributed by atoms with Crippen molar-refractivity contribution >= 4 is 5.91 Å². The Labute approximate surface area is 155 Å². The van der Waals surface area contributed by atoms with E-state index in [2.05, 4.69) is 20.1 Å². The quantitative estimate of drug-likeness (QED) is 0.758. The van der Waals surface area contributed by atoms with Crippen molar-refractivity contribution in [3.05, 3.63) is 63.7 Å². The number of amides is 1. The highest BCUT2D eigenvalue weighted by atomic mass is 16.5. The van der Waals surface area contributed by atoms with Gasteiger partial charge in [-0.1, -0.05) is 12.1 Å². The molecule has 27 heavy (non-hydrogen) atoms. The molecule has 0 fully saturated rings. The first kappa shape index (κ1) is 17.1. The molecule has 3 aromatic rings. The summed E-state index contributed by atoms with van der Waals surface area (Å²) < 4.78 is 5.21. The summed E-state index contributed by atoms with van der Waals surface area (Å²) in [7, 11) is 0. The van der Waals surface area contributed by atoms with Gasteiger partial charge in [-0.05, 0) is 25.0 Å². The van der Waals surface area contributed by atoms with Crippen molar-refractivity contribution < 1.29 is 9.32 Å². The molecule has 8 heteroatoms. The molecule has 4 rings (SSSR count). The highest BCUT2D eigenvalue weighted by molar-refractivity contribution is 5.92. The van der Waals surface area contributed by atoms with Gasteiger partial charge >= 0.3 is 0 Å². The van der Waals surface area contributed by atoms with Crippen molar-refractivity contribution in [2.45, 2.75) is 32.7 Å². The Kier molecular flexibility index (Phi) is 4.53. The number of hydrogen-bond donors (Lipinski definition) is 1. The number of pyridine rings is 1. The number of nitrogens with zero attached hydrogens (tertiary/aromatic N) is 4. The van der Waals surface area contributed by atoms with Gasteiger partial charge in [-0.25, -0.2) is 4.98 Å². The number of aromatic amines is 1. The number of fused-ring (bicyclic) bond motifs is 1. The van der Waals surface area contributed by atoms with Gasteiger partial charge in [0.2, 0.25) is 0 Å². The lowest BCUT2D eigenvalue weighted by atomic mass is 10.1. The summed E-state index contributed by atoms with van der Waals surface area (Å²) in [6.07, 6.45) is 5.42. The molecule has 0 aromatic carbocycles. The molecule has 0 radical (unpaired) electrons. The van der Waals surface area contributed by atoms with Crippen molar-refractivity contribution in [3.8, 4) is 11.4 Å². The number of rotatable bonds is 4. The third kappa shape index (κ3) is 3.38. The van der Waals surface area contributed by atoms with Gasteiger partial charge in [0.1, 0.15) is 11.6 Å². The Hall–Kier alpha value is -3.29. The minimum atomic E-state index is -0.211. The first-order valence-corrected chi connectivity index (χ1v) is 8.93. The van der Waals surface area contributed by atoms with Gasteiger partial charge in [0.25, 0.3) is 11.5 Å². The van der Waals surface area contributed by atoms with Gasteiger partial charge < -0.3 is 14.4 Å². The standard InChI is InChI=1S/C19H19N5O3/c1-2-4-13-9-15(23-27-13)19(26)24-8-6-14-16(11-24)21-17(22-18(14)25)12-5-3-7-20-10-12/h3,5,7,9-10H,2,4,6,8,11H2,1H3,(H,21,22,25). The van der Waals surface area contributed by atoms with Crippen LogP contribution in [0, 0.1) is 0 Å². The molecular formula is C19H19N5O3. The maximum Gasteiger partial charge on any atom is 0.276 e. The van der Waals surface area contributed by atoms with Crippen molar-refractivity contribution in [2.75, 3.05) is 6.54 Å². The summed E-state index contributed by atoms with van der Waals surface area (Å²) in [5, 5.41) is 3.89. The fraction of sp³-hybridized carbons (Fsp3) is 0.316. The van der Waals surface area contributed by atoms with E-state index < -0.39 is 0 Å². The second-order valence-electron chi connectivity index (χ2n) is 6.49. The molecule has 0 bridgehead atoms. The summed E-state index contributed by atoms with van der Waals surface area (Å²) >= 11 is 0. The molecule has 1 amide bonds. The summed E-state index contributed by atoms with van der Waals surface area (Å²) in [4.78, 5) is 38.3. The minimum absolute atomic E-state index is 0.169. The SMILES string of the molecule is CCCc1cc(C(=O)N2CCc3c(nc(-c4cccnc4)[nH]c3=O)C2)no1. The lowest BCUT2D eigenvalue weighted by Gasteiger charge is -2.27. The Morgan fingerprint density at radius 3 is 3.07 bits per heavy atom. The Balaban J connectivity index is 1.61. The lowest BCUT2D eigenvalue weighted by molar-refractivity contribution is 0.0720. The molecule has 0 saturated carbocycles. The van der Waals surface area contributed by atoms with Crippen molar-refractivity contribution in [2.24, 2.45) is 0 Å². The largest absolute Gasteiger partial charge is 0.361 e. The number of carbonyl (C=O) groups is 1. The van der Waals surface area contributed by atoms with Crippen LogP contribution in [0.4, 0.5) is 0 Å². The number of aromatic nitrogens is 4. The second-order valence-corrected chi connectivity index (χ2v) is 6.49. The van der Waals surface area contributed by atoms with Gasteiger partial charge in [0, 0.05) is 42.6 Å². The number of hydrogen-bond acceptors (Lipinski definition) is 6. The third-order valence-electron chi connectivity index (χ3n) is 4.57.